The maximum atomic E-state index is 3.69. The molecule has 0 unspecified atom stereocenters. The van der Waals surface area contributed by atoms with E-state index in [4.69, 9.17) is 0 Å². The summed E-state index contributed by atoms with van der Waals surface area (Å²) in [5.41, 5.74) is 3.68. The molecule has 0 aliphatic rings. The van der Waals surface area contributed by atoms with Crippen LogP contribution in [-0.4, -0.2) is 0 Å². The quantitative estimate of drug-likeness (QED) is 0.496. The molecule has 3 aromatic carbocycles. The Hall–Kier alpha value is -2.86. The minimum absolute atomic E-state index is 1.17. The van der Waals surface area contributed by atoms with Crippen molar-refractivity contribution in [3.63, 3.8) is 0 Å². The van der Waals surface area contributed by atoms with Crippen molar-refractivity contribution < 1.29 is 0 Å². The Bertz CT molecular complexity index is 640. The van der Waals surface area contributed by atoms with Gasteiger partial charge in [-0.3, -0.25) is 0 Å². The number of benzene rings is 3. The van der Waals surface area contributed by atoms with E-state index in [9.17, 15) is 0 Å². The Kier molecular flexibility index (Phi) is 9.30. The van der Waals surface area contributed by atoms with Crippen LogP contribution >= 0.6 is 0 Å². The molecule has 0 amide bonds. The van der Waals surface area contributed by atoms with Crippen LogP contribution in [0.15, 0.2) is 104 Å². The van der Waals surface area contributed by atoms with Crippen LogP contribution in [0.3, 0.4) is 0 Å². The summed E-state index contributed by atoms with van der Waals surface area (Å²) in [6, 6.07) is 30.2. The molecular formula is C23H24. The second-order valence-corrected chi connectivity index (χ2v) is 4.83. The average Bonchev–Trinajstić information content (AvgIpc) is 2.65. The number of hydrogen-bond acceptors (Lipinski definition) is 0. The van der Waals surface area contributed by atoms with Gasteiger partial charge in [0.05, 0.1) is 0 Å². The summed E-state index contributed by atoms with van der Waals surface area (Å²) in [7, 11) is 0. The maximum absolute atomic E-state index is 3.69. The molecule has 23 heavy (non-hydrogen) atoms. The first-order chi connectivity index (χ1) is 11.3. The molecule has 116 valence electrons. The highest BCUT2D eigenvalue weighted by molar-refractivity contribution is 5.50. The van der Waals surface area contributed by atoms with Crippen molar-refractivity contribution in [2.24, 2.45) is 0 Å². The Morgan fingerprint density at radius 2 is 1.00 bits per heavy atom. The van der Waals surface area contributed by atoms with Crippen LogP contribution in [0.25, 0.3) is 12.2 Å². The summed E-state index contributed by atoms with van der Waals surface area (Å²) in [5, 5.41) is 0. The van der Waals surface area contributed by atoms with E-state index in [-0.39, 0.29) is 0 Å². The van der Waals surface area contributed by atoms with Gasteiger partial charge in [0.2, 0.25) is 0 Å². The lowest BCUT2D eigenvalue weighted by Crippen LogP contribution is -1.75. The molecule has 0 N–H and O–H groups in total. The fourth-order valence-corrected chi connectivity index (χ4v) is 1.79. The normalized spacial score (nSPS) is 8.57. The molecule has 0 nitrogen and oxygen atoms in total. The van der Waals surface area contributed by atoms with E-state index < -0.39 is 0 Å². The molecule has 0 heteroatoms. The zero-order chi connectivity index (χ0) is 16.8. The summed E-state index contributed by atoms with van der Waals surface area (Å²) >= 11 is 0. The first-order valence-corrected chi connectivity index (χ1v) is 7.63. The molecule has 0 saturated carbocycles. The fraction of sp³-hybridized carbons (Fsp3) is 0.0435. The summed E-state index contributed by atoms with van der Waals surface area (Å²) in [6.45, 7) is 9.40. The van der Waals surface area contributed by atoms with Crippen molar-refractivity contribution in [1.29, 1.82) is 0 Å². The van der Waals surface area contributed by atoms with Crippen LogP contribution < -0.4 is 0 Å². The molecule has 0 bridgehead atoms. The molecule has 0 aliphatic carbocycles. The van der Waals surface area contributed by atoms with Crippen molar-refractivity contribution in [2.45, 2.75) is 6.92 Å². The molecule has 3 rings (SSSR count). The summed E-state index contributed by atoms with van der Waals surface area (Å²) in [6.07, 6.45) is 3.70. The van der Waals surface area contributed by atoms with E-state index in [1.54, 1.807) is 0 Å². The van der Waals surface area contributed by atoms with Crippen LogP contribution in [0.1, 0.15) is 16.7 Å². The smallest absolute Gasteiger partial charge is 0.0233 e. The van der Waals surface area contributed by atoms with E-state index in [1.165, 1.54) is 16.7 Å². The minimum Gasteiger partial charge on any atom is -0.0985 e. The standard InChI is InChI=1S/C9H10.C8H8.C6H6/c1-3-9-7-5-4-6-8(9)2;1-2-8-6-4-3-5-7-8;1-2-4-6-5-3-1/h3-7H,1H2,2H3;2-7H,1H2;1-6H. The van der Waals surface area contributed by atoms with E-state index in [1.807, 2.05) is 91.0 Å². The van der Waals surface area contributed by atoms with Gasteiger partial charge >= 0.3 is 0 Å². The average molecular weight is 300 g/mol. The van der Waals surface area contributed by atoms with Gasteiger partial charge < -0.3 is 0 Å². The van der Waals surface area contributed by atoms with Gasteiger partial charge in [0.25, 0.3) is 0 Å². The largest absolute Gasteiger partial charge is 0.0985 e. The van der Waals surface area contributed by atoms with Gasteiger partial charge in [-0.2, -0.15) is 0 Å². The predicted molar refractivity (Wildman–Crippen MR) is 104 cm³/mol. The van der Waals surface area contributed by atoms with Gasteiger partial charge in [-0.25, -0.2) is 0 Å². The van der Waals surface area contributed by atoms with E-state index in [0.717, 1.165) is 0 Å². The second-order valence-electron chi connectivity index (χ2n) is 4.83. The van der Waals surface area contributed by atoms with Crippen molar-refractivity contribution in [1.82, 2.24) is 0 Å². The first kappa shape index (κ1) is 18.2. The van der Waals surface area contributed by atoms with Gasteiger partial charge in [-0.1, -0.05) is 116 Å². The summed E-state index contributed by atoms with van der Waals surface area (Å²) < 4.78 is 0. The third-order valence-corrected chi connectivity index (χ3v) is 3.11. The zero-order valence-electron chi connectivity index (χ0n) is 13.7. The Labute approximate surface area is 140 Å². The van der Waals surface area contributed by atoms with Crippen molar-refractivity contribution >= 4 is 12.2 Å². The second kappa shape index (κ2) is 11.8. The molecule has 0 aromatic heterocycles. The highest BCUT2D eigenvalue weighted by atomic mass is 13.9. The van der Waals surface area contributed by atoms with Gasteiger partial charge in [0, 0.05) is 0 Å². The minimum atomic E-state index is 1.17. The number of aryl methyl sites for hydroxylation is 1. The lowest BCUT2D eigenvalue weighted by molar-refractivity contribution is 1.45. The van der Waals surface area contributed by atoms with Gasteiger partial charge in [0.1, 0.15) is 0 Å². The fourth-order valence-electron chi connectivity index (χ4n) is 1.79. The topological polar surface area (TPSA) is 0 Å². The third-order valence-electron chi connectivity index (χ3n) is 3.11. The Morgan fingerprint density at radius 1 is 0.565 bits per heavy atom. The molecule has 0 saturated heterocycles. The van der Waals surface area contributed by atoms with Crippen molar-refractivity contribution in [2.75, 3.05) is 0 Å². The van der Waals surface area contributed by atoms with Crippen LogP contribution in [0.2, 0.25) is 0 Å². The molecule has 0 spiro atoms. The van der Waals surface area contributed by atoms with Gasteiger partial charge in [-0.05, 0) is 23.6 Å². The summed E-state index contributed by atoms with van der Waals surface area (Å²) in [5.74, 6) is 0. The van der Waals surface area contributed by atoms with Crippen molar-refractivity contribution in [3.8, 4) is 0 Å². The Balaban J connectivity index is 0.000000176. The van der Waals surface area contributed by atoms with Crippen LogP contribution in [0.4, 0.5) is 0 Å². The first-order valence-electron chi connectivity index (χ1n) is 7.63. The third kappa shape index (κ3) is 8.23. The van der Waals surface area contributed by atoms with Crippen molar-refractivity contribution in [3.05, 3.63) is 121 Å². The highest BCUT2D eigenvalue weighted by Crippen LogP contribution is 2.06. The number of rotatable bonds is 2. The SMILES string of the molecule is C=Cc1ccccc1.C=Cc1ccccc1C.c1ccccc1. The number of hydrogen-bond donors (Lipinski definition) is 0. The summed E-state index contributed by atoms with van der Waals surface area (Å²) in [4.78, 5) is 0. The molecular weight excluding hydrogens is 276 g/mol. The predicted octanol–water partition coefficient (Wildman–Crippen LogP) is 6.65. The molecule has 0 radical (unpaired) electrons. The monoisotopic (exact) mass is 300 g/mol. The lowest BCUT2D eigenvalue weighted by Gasteiger charge is -1.95. The lowest BCUT2D eigenvalue weighted by atomic mass is 10.1. The van der Waals surface area contributed by atoms with E-state index in [0.29, 0.717) is 0 Å². The molecule has 0 aliphatic heterocycles. The zero-order valence-corrected chi connectivity index (χ0v) is 13.7. The molecule has 0 heterocycles. The van der Waals surface area contributed by atoms with E-state index >= 15 is 0 Å². The molecule has 3 aromatic rings. The highest BCUT2D eigenvalue weighted by Gasteiger charge is 1.86. The van der Waals surface area contributed by atoms with Crippen LogP contribution in [0.5, 0.6) is 0 Å². The molecule has 0 atom stereocenters. The van der Waals surface area contributed by atoms with Crippen LogP contribution in [0, 0.1) is 6.92 Å². The molecule has 0 fully saturated rings. The van der Waals surface area contributed by atoms with Crippen LogP contribution in [-0.2, 0) is 0 Å². The van der Waals surface area contributed by atoms with Gasteiger partial charge in [0.15, 0.2) is 0 Å². The Morgan fingerprint density at radius 3 is 1.35 bits per heavy atom. The van der Waals surface area contributed by atoms with Gasteiger partial charge in [-0.15, -0.1) is 0 Å². The maximum Gasteiger partial charge on any atom is -0.0233 e. The van der Waals surface area contributed by atoms with E-state index in [2.05, 4.69) is 32.2 Å².